The maximum absolute atomic E-state index is 12.7. The highest BCUT2D eigenvalue weighted by Crippen LogP contribution is 2.33. The van der Waals surface area contributed by atoms with E-state index in [2.05, 4.69) is 9.57 Å². The van der Waals surface area contributed by atoms with Gasteiger partial charge in [0.25, 0.3) is 10.0 Å². The van der Waals surface area contributed by atoms with Gasteiger partial charge in [-0.3, -0.25) is 4.84 Å². The van der Waals surface area contributed by atoms with Gasteiger partial charge in [0.1, 0.15) is 0 Å². The number of nitrogens with one attached hydrogen (secondary N) is 1. The number of hydrogen-bond acceptors (Lipinski definition) is 4. The van der Waals surface area contributed by atoms with Crippen LogP contribution in [0, 0.1) is 0 Å². The standard InChI is InChI=1S/C10H12F3NO4S/c1-17-6-7-18-14-19(15,16)9-5-3-2-4-8(9)10(11,12)13/h2-5,14H,6-7H2,1H3. The second kappa shape index (κ2) is 6.33. The first-order valence-corrected chi connectivity index (χ1v) is 6.56. The number of methoxy groups -OCH3 is 1. The molecule has 5 nitrogen and oxygen atoms in total. The summed E-state index contributed by atoms with van der Waals surface area (Å²) >= 11 is 0. The zero-order valence-electron chi connectivity index (χ0n) is 9.90. The maximum atomic E-state index is 12.7. The Kier molecular flexibility index (Phi) is 5.29. The van der Waals surface area contributed by atoms with Crippen LogP contribution in [0.4, 0.5) is 13.2 Å². The number of benzene rings is 1. The molecule has 0 spiro atoms. The number of ether oxygens (including phenoxy) is 1. The molecule has 0 aromatic heterocycles. The minimum absolute atomic E-state index is 0.101. The van der Waals surface area contributed by atoms with E-state index in [9.17, 15) is 21.6 Å². The van der Waals surface area contributed by atoms with Gasteiger partial charge < -0.3 is 4.74 Å². The minimum Gasteiger partial charge on any atom is -0.382 e. The highest BCUT2D eigenvalue weighted by molar-refractivity contribution is 7.89. The third-order valence-corrected chi connectivity index (χ3v) is 3.31. The minimum atomic E-state index is -4.77. The lowest BCUT2D eigenvalue weighted by atomic mass is 10.2. The van der Waals surface area contributed by atoms with Crippen molar-refractivity contribution in [2.75, 3.05) is 20.3 Å². The lowest BCUT2D eigenvalue weighted by Crippen LogP contribution is -2.27. The molecule has 0 atom stereocenters. The van der Waals surface area contributed by atoms with Gasteiger partial charge in [0.05, 0.1) is 23.7 Å². The molecule has 0 aliphatic carbocycles. The second-order valence-corrected chi connectivity index (χ2v) is 5.04. The fourth-order valence-electron chi connectivity index (χ4n) is 1.22. The van der Waals surface area contributed by atoms with Gasteiger partial charge in [0.2, 0.25) is 0 Å². The Hall–Kier alpha value is -1.16. The molecule has 1 N–H and O–H groups in total. The largest absolute Gasteiger partial charge is 0.417 e. The average molecular weight is 299 g/mol. The summed E-state index contributed by atoms with van der Waals surface area (Å²) in [7, 11) is -3.03. The van der Waals surface area contributed by atoms with E-state index in [1.165, 1.54) is 13.2 Å². The molecule has 0 unspecified atom stereocenters. The van der Waals surface area contributed by atoms with E-state index in [1.54, 1.807) is 4.89 Å². The molecular formula is C10H12F3NO4S. The normalized spacial score (nSPS) is 12.6. The molecule has 1 aromatic carbocycles. The summed E-state index contributed by atoms with van der Waals surface area (Å²) in [5.74, 6) is 0. The molecule has 19 heavy (non-hydrogen) atoms. The van der Waals surface area contributed by atoms with Gasteiger partial charge >= 0.3 is 6.18 Å². The predicted molar refractivity (Wildman–Crippen MR) is 59.6 cm³/mol. The van der Waals surface area contributed by atoms with Crippen molar-refractivity contribution in [2.24, 2.45) is 0 Å². The molecule has 0 heterocycles. The van der Waals surface area contributed by atoms with Crippen LogP contribution in [0.3, 0.4) is 0 Å². The number of alkyl halides is 3. The van der Waals surface area contributed by atoms with Crippen molar-refractivity contribution in [3.8, 4) is 0 Å². The van der Waals surface area contributed by atoms with Crippen molar-refractivity contribution in [3.63, 3.8) is 0 Å². The first kappa shape index (κ1) is 15.9. The fourth-order valence-corrected chi connectivity index (χ4v) is 2.28. The van der Waals surface area contributed by atoms with E-state index in [1.807, 2.05) is 0 Å². The first-order valence-electron chi connectivity index (χ1n) is 5.08. The van der Waals surface area contributed by atoms with Crippen LogP contribution in [0.15, 0.2) is 29.2 Å². The highest BCUT2D eigenvalue weighted by atomic mass is 32.2. The van der Waals surface area contributed by atoms with Crippen molar-refractivity contribution < 1.29 is 31.2 Å². The Labute approximate surface area is 108 Å². The summed E-state index contributed by atoms with van der Waals surface area (Å²) in [6.07, 6.45) is -4.77. The zero-order chi connectivity index (χ0) is 14.5. The highest BCUT2D eigenvalue weighted by Gasteiger charge is 2.36. The molecule has 0 saturated carbocycles. The molecule has 0 aliphatic heterocycles. The van der Waals surface area contributed by atoms with Crippen molar-refractivity contribution in [2.45, 2.75) is 11.1 Å². The molecule has 0 bridgehead atoms. The zero-order valence-corrected chi connectivity index (χ0v) is 10.7. The van der Waals surface area contributed by atoms with Crippen LogP contribution in [-0.2, 0) is 25.8 Å². The van der Waals surface area contributed by atoms with Crippen molar-refractivity contribution >= 4 is 10.0 Å². The maximum Gasteiger partial charge on any atom is 0.417 e. The Morgan fingerprint density at radius 2 is 1.84 bits per heavy atom. The third kappa shape index (κ3) is 4.46. The molecule has 108 valence electrons. The van der Waals surface area contributed by atoms with E-state index in [0.717, 1.165) is 12.1 Å². The molecule has 9 heteroatoms. The Morgan fingerprint density at radius 3 is 2.42 bits per heavy atom. The quantitative estimate of drug-likeness (QED) is 0.639. The van der Waals surface area contributed by atoms with E-state index < -0.39 is 26.7 Å². The van der Waals surface area contributed by atoms with Crippen molar-refractivity contribution in [1.82, 2.24) is 4.89 Å². The van der Waals surface area contributed by atoms with E-state index >= 15 is 0 Å². The summed E-state index contributed by atoms with van der Waals surface area (Å²) in [5, 5.41) is 0. The number of sulfonamides is 1. The third-order valence-electron chi connectivity index (χ3n) is 2.04. The Bertz CT molecular complexity index is 516. The number of hydrogen-bond donors (Lipinski definition) is 1. The summed E-state index contributed by atoms with van der Waals surface area (Å²) in [6.45, 7) is -0.0205. The van der Waals surface area contributed by atoms with Crippen LogP contribution < -0.4 is 4.89 Å². The van der Waals surface area contributed by atoms with Crippen LogP contribution in [0.5, 0.6) is 0 Å². The molecule has 0 aliphatic rings. The van der Waals surface area contributed by atoms with E-state index in [0.29, 0.717) is 6.07 Å². The molecule has 0 amide bonds. The number of halogens is 3. The predicted octanol–water partition coefficient (Wildman–Crippen LogP) is 1.56. The summed E-state index contributed by atoms with van der Waals surface area (Å²) < 4.78 is 66.0. The lowest BCUT2D eigenvalue weighted by Gasteiger charge is -2.13. The summed E-state index contributed by atoms with van der Waals surface area (Å²) in [6, 6.07) is 3.83. The van der Waals surface area contributed by atoms with Crippen LogP contribution in [-0.4, -0.2) is 28.7 Å². The van der Waals surface area contributed by atoms with E-state index in [-0.39, 0.29) is 13.2 Å². The van der Waals surface area contributed by atoms with Crippen LogP contribution in [0.1, 0.15) is 5.56 Å². The Morgan fingerprint density at radius 1 is 1.21 bits per heavy atom. The Balaban J connectivity index is 2.96. The molecule has 0 fully saturated rings. The molecule has 0 saturated heterocycles. The van der Waals surface area contributed by atoms with Gasteiger partial charge in [-0.1, -0.05) is 17.0 Å². The first-order chi connectivity index (χ1) is 8.79. The van der Waals surface area contributed by atoms with Gasteiger partial charge in [-0.25, -0.2) is 8.42 Å². The van der Waals surface area contributed by atoms with E-state index in [4.69, 9.17) is 0 Å². The second-order valence-electron chi connectivity index (χ2n) is 3.42. The monoisotopic (exact) mass is 299 g/mol. The fraction of sp³-hybridized carbons (Fsp3) is 0.400. The van der Waals surface area contributed by atoms with Crippen molar-refractivity contribution in [3.05, 3.63) is 29.8 Å². The van der Waals surface area contributed by atoms with Gasteiger partial charge in [-0.05, 0) is 12.1 Å². The summed E-state index contributed by atoms with van der Waals surface area (Å²) in [4.78, 5) is 5.26. The number of rotatable bonds is 6. The topological polar surface area (TPSA) is 64.6 Å². The van der Waals surface area contributed by atoms with Crippen LogP contribution in [0.25, 0.3) is 0 Å². The lowest BCUT2D eigenvalue weighted by molar-refractivity contribution is -0.139. The van der Waals surface area contributed by atoms with Crippen LogP contribution in [0.2, 0.25) is 0 Å². The van der Waals surface area contributed by atoms with Gasteiger partial charge in [-0.2, -0.15) is 13.2 Å². The average Bonchev–Trinajstić information content (AvgIpc) is 2.34. The van der Waals surface area contributed by atoms with Gasteiger partial charge in [-0.15, -0.1) is 0 Å². The summed E-state index contributed by atoms with van der Waals surface area (Å²) in [5.41, 5.74) is -1.25. The van der Waals surface area contributed by atoms with Gasteiger partial charge in [0.15, 0.2) is 0 Å². The van der Waals surface area contributed by atoms with Gasteiger partial charge in [0, 0.05) is 7.11 Å². The van der Waals surface area contributed by atoms with Crippen molar-refractivity contribution in [1.29, 1.82) is 0 Å². The smallest absolute Gasteiger partial charge is 0.382 e. The molecule has 0 radical (unpaired) electrons. The SMILES string of the molecule is COCCONS(=O)(=O)c1ccccc1C(F)(F)F. The molecule has 1 aromatic rings. The van der Waals surface area contributed by atoms with Crippen LogP contribution >= 0.6 is 0 Å². The molecule has 1 rings (SSSR count). The molecular weight excluding hydrogens is 287 g/mol.